The van der Waals surface area contributed by atoms with E-state index in [1.54, 1.807) is 4.68 Å². The van der Waals surface area contributed by atoms with Gasteiger partial charge in [0.05, 0.1) is 5.69 Å². The van der Waals surface area contributed by atoms with Crippen molar-refractivity contribution < 1.29 is 4.79 Å². The molecule has 0 aliphatic carbocycles. The number of hydrogen-bond acceptors (Lipinski definition) is 3. The fourth-order valence-corrected chi connectivity index (χ4v) is 1.60. The number of carbonyl (C=O) groups is 1. The molecular weight excluding hydrogens is 216 g/mol. The summed E-state index contributed by atoms with van der Waals surface area (Å²) in [6.45, 7) is 2.60. The number of nitrogens with one attached hydrogen (secondary N) is 1. The maximum atomic E-state index is 11.4. The minimum atomic E-state index is 0.0987. The van der Waals surface area contributed by atoms with Crippen molar-refractivity contribution in [3.8, 4) is 0 Å². The first-order valence-electron chi connectivity index (χ1n) is 6.08. The zero-order chi connectivity index (χ0) is 12.7. The maximum Gasteiger partial charge on any atom is 0.220 e. The van der Waals surface area contributed by atoms with Gasteiger partial charge in [-0.1, -0.05) is 0 Å². The molecule has 0 saturated carbocycles. The second-order valence-electron chi connectivity index (χ2n) is 4.45. The third-order valence-electron chi connectivity index (χ3n) is 2.54. The molecule has 1 amide bonds. The minimum absolute atomic E-state index is 0.0987. The molecule has 1 aromatic heterocycles. The van der Waals surface area contributed by atoms with Gasteiger partial charge >= 0.3 is 0 Å². The van der Waals surface area contributed by atoms with E-state index >= 15 is 0 Å². The third kappa shape index (κ3) is 6.06. The smallest absolute Gasteiger partial charge is 0.220 e. The lowest BCUT2D eigenvalue weighted by atomic mass is 10.1. The summed E-state index contributed by atoms with van der Waals surface area (Å²) in [6.07, 6.45) is 4.99. The molecular formula is C12H22N4O. The number of amides is 1. The lowest BCUT2D eigenvalue weighted by molar-refractivity contribution is -0.121. The second kappa shape index (κ2) is 7.06. The zero-order valence-corrected chi connectivity index (χ0v) is 10.6. The first-order valence-corrected chi connectivity index (χ1v) is 6.08. The Kier molecular flexibility index (Phi) is 5.69. The molecule has 0 saturated heterocycles. The van der Waals surface area contributed by atoms with Gasteiger partial charge in [0.15, 0.2) is 0 Å². The van der Waals surface area contributed by atoms with Crippen LogP contribution in [0.3, 0.4) is 0 Å². The predicted molar refractivity (Wildman–Crippen MR) is 67.4 cm³/mol. The van der Waals surface area contributed by atoms with Crippen LogP contribution in [0, 0.1) is 0 Å². The molecule has 0 fully saturated rings. The molecule has 3 N–H and O–H groups in total. The van der Waals surface area contributed by atoms with Crippen LogP contribution in [0.1, 0.15) is 31.9 Å². The minimum Gasteiger partial charge on any atom is -0.356 e. The van der Waals surface area contributed by atoms with Gasteiger partial charge in [-0.15, -0.1) is 0 Å². The van der Waals surface area contributed by atoms with Crippen molar-refractivity contribution in [2.75, 3.05) is 6.54 Å². The first-order chi connectivity index (χ1) is 8.08. The molecule has 96 valence electrons. The zero-order valence-electron chi connectivity index (χ0n) is 10.6. The van der Waals surface area contributed by atoms with Crippen LogP contribution in [0.25, 0.3) is 0 Å². The van der Waals surface area contributed by atoms with Crippen molar-refractivity contribution in [2.24, 2.45) is 12.8 Å². The Bertz CT molecular complexity index is 346. The van der Waals surface area contributed by atoms with Crippen molar-refractivity contribution in [1.29, 1.82) is 0 Å². The van der Waals surface area contributed by atoms with Gasteiger partial charge in [-0.3, -0.25) is 9.48 Å². The fourth-order valence-electron chi connectivity index (χ4n) is 1.60. The van der Waals surface area contributed by atoms with Crippen LogP contribution in [0.2, 0.25) is 0 Å². The van der Waals surface area contributed by atoms with E-state index in [1.165, 1.54) is 0 Å². The Balaban J connectivity index is 2.08. The SMILES string of the molecule is CC(N)CCCC(=O)NCCc1ccn(C)n1. The van der Waals surface area contributed by atoms with Crippen molar-refractivity contribution in [2.45, 2.75) is 38.6 Å². The van der Waals surface area contributed by atoms with Crippen LogP contribution >= 0.6 is 0 Å². The molecule has 0 bridgehead atoms. The largest absolute Gasteiger partial charge is 0.356 e. The Morgan fingerprint density at radius 1 is 1.65 bits per heavy atom. The van der Waals surface area contributed by atoms with Gasteiger partial charge in [-0.2, -0.15) is 5.10 Å². The van der Waals surface area contributed by atoms with Gasteiger partial charge in [0.2, 0.25) is 5.91 Å². The van der Waals surface area contributed by atoms with E-state index in [9.17, 15) is 4.79 Å². The van der Waals surface area contributed by atoms with Crippen molar-refractivity contribution in [3.63, 3.8) is 0 Å². The van der Waals surface area contributed by atoms with E-state index in [2.05, 4.69) is 10.4 Å². The Morgan fingerprint density at radius 2 is 2.41 bits per heavy atom. The van der Waals surface area contributed by atoms with Gasteiger partial charge in [0, 0.05) is 38.7 Å². The molecule has 0 aliphatic heterocycles. The van der Waals surface area contributed by atoms with Crippen LogP contribution in [0.5, 0.6) is 0 Å². The number of nitrogens with two attached hydrogens (primary N) is 1. The first kappa shape index (κ1) is 13.7. The van der Waals surface area contributed by atoms with Crippen LogP contribution in [-0.4, -0.2) is 28.3 Å². The van der Waals surface area contributed by atoms with Gasteiger partial charge in [0.25, 0.3) is 0 Å². The number of aryl methyl sites for hydroxylation is 1. The highest BCUT2D eigenvalue weighted by Crippen LogP contribution is 1.98. The topological polar surface area (TPSA) is 72.9 Å². The molecule has 1 heterocycles. The van der Waals surface area contributed by atoms with Gasteiger partial charge < -0.3 is 11.1 Å². The van der Waals surface area contributed by atoms with Gasteiger partial charge in [-0.05, 0) is 25.8 Å². The summed E-state index contributed by atoms with van der Waals surface area (Å²) in [4.78, 5) is 11.4. The Labute approximate surface area is 102 Å². The number of hydrogen-bond donors (Lipinski definition) is 2. The van der Waals surface area contributed by atoms with Gasteiger partial charge in [0.1, 0.15) is 0 Å². The normalized spacial score (nSPS) is 12.4. The Hall–Kier alpha value is -1.36. The Morgan fingerprint density at radius 3 is 3.00 bits per heavy atom. The standard InChI is InChI=1S/C12H22N4O/c1-10(13)4-3-5-12(17)14-8-6-11-7-9-16(2)15-11/h7,9-10H,3-6,8,13H2,1-2H3,(H,14,17). The quantitative estimate of drug-likeness (QED) is 0.730. The molecule has 5 nitrogen and oxygen atoms in total. The number of aromatic nitrogens is 2. The van der Waals surface area contributed by atoms with Gasteiger partial charge in [-0.25, -0.2) is 0 Å². The van der Waals surface area contributed by atoms with E-state index in [0.717, 1.165) is 25.0 Å². The molecule has 0 aliphatic rings. The number of rotatable bonds is 7. The molecule has 1 aromatic rings. The van der Waals surface area contributed by atoms with E-state index in [1.807, 2.05) is 26.2 Å². The lowest BCUT2D eigenvalue weighted by Crippen LogP contribution is -2.26. The average Bonchev–Trinajstić information content (AvgIpc) is 2.63. The van der Waals surface area contributed by atoms with E-state index < -0.39 is 0 Å². The average molecular weight is 238 g/mol. The summed E-state index contributed by atoms with van der Waals surface area (Å²) < 4.78 is 1.76. The van der Waals surface area contributed by atoms with Crippen LogP contribution in [0.15, 0.2) is 12.3 Å². The summed E-state index contributed by atoms with van der Waals surface area (Å²) >= 11 is 0. The number of carbonyl (C=O) groups excluding carboxylic acids is 1. The van der Waals surface area contributed by atoms with E-state index in [0.29, 0.717) is 13.0 Å². The number of nitrogens with zero attached hydrogens (tertiary/aromatic N) is 2. The van der Waals surface area contributed by atoms with Crippen LogP contribution in [0.4, 0.5) is 0 Å². The summed E-state index contributed by atoms with van der Waals surface area (Å²) in [5.41, 5.74) is 6.62. The highest BCUT2D eigenvalue weighted by molar-refractivity contribution is 5.75. The van der Waals surface area contributed by atoms with Crippen LogP contribution < -0.4 is 11.1 Å². The molecule has 0 aromatic carbocycles. The van der Waals surface area contributed by atoms with Crippen molar-refractivity contribution >= 4 is 5.91 Å². The van der Waals surface area contributed by atoms with Crippen molar-refractivity contribution in [3.05, 3.63) is 18.0 Å². The van der Waals surface area contributed by atoms with Crippen LogP contribution in [-0.2, 0) is 18.3 Å². The summed E-state index contributed by atoms with van der Waals surface area (Å²) in [5.74, 6) is 0.0987. The van der Waals surface area contributed by atoms with Crippen molar-refractivity contribution in [1.82, 2.24) is 15.1 Å². The monoisotopic (exact) mass is 238 g/mol. The fraction of sp³-hybridized carbons (Fsp3) is 0.667. The molecule has 0 radical (unpaired) electrons. The summed E-state index contributed by atoms with van der Waals surface area (Å²) in [6, 6.07) is 2.14. The molecule has 1 atom stereocenters. The van der Waals surface area contributed by atoms with E-state index in [4.69, 9.17) is 5.73 Å². The molecule has 5 heteroatoms. The molecule has 17 heavy (non-hydrogen) atoms. The lowest BCUT2D eigenvalue weighted by Gasteiger charge is -2.05. The molecule has 1 rings (SSSR count). The maximum absolute atomic E-state index is 11.4. The van der Waals surface area contributed by atoms with E-state index in [-0.39, 0.29) is 11.9 Å². The third-order valence-corrected chi connectivity index (χ3v) is 2.54. The summed E-state index contributed by atoms with van der Waals surface area (Å²) in [5, 5.41) is 7.13. The highest BCUT2D eigenvalue weighted by Gasteiger charge is 2.03. The predicted octanol–water partition coefficient (Wildman–Crippen LogP) is 0.596. The molecule has 1 unspecified atom stereocenters. The molecule has 0 spiro atoms. The highest BCUT2D eigenvalue weighted by atomic mass is 16.1. The second-order valence-corrected chi connectivity index (χ2v) is 4.45. The summed E-state index contributed by atoms with van der Waals surface area (Å²) in [7, 11) is 1.88.